The van der Waals surface area contributed by atoms with Gasteiger partial charge in [0.25, 0.3) is 11.8 Å². The number of likely N-dealkylation sites (tertiary alicyclic amines) is 1. The van der Waals surface area contributed by atoms with Gasteiger partial charge in [-0.05, 0) is 57.7 Å². The van der Waals surface area contributed by atoms with Crippen LogP contribution in [0.2, 0.25) is 0 Å². The van der Waals surface area contributed by atoms with Crippen LogP contribution in [0.15, 0.2) is 30.0 Å². The summed E-state index contributed by atoms with van der Waals surface area (Å²) in [5.41, 5.74) is 1.89. The van der Waals surface area contributed by atoms with Crippen molar-refractivity contribution in [3.63, 3.8) is 0 Å². The molecule has 0 radical (unpaired) electrons. The third-order valence-corrected chi connectivity index (χ3v) is 4.73. The van der Waals surface area contributed by atoms with Crippen LogP contribution in [0.5, 0.6) is 5.75 Å². The maximum atomic E-state index is 13.0. The van der Waals surface area contributed by atoms with Crippen LogP contribution in [0, 0.1) is 0 Å². The van der Waals surface area contributed by atoms with Crippen LogP contribution in [-0.2, 0) is 9.59 Å². The summed E-state index contributed by atoms with van der Waals surface area (Å²) in [4.78, 5) is 29.5. The van der Waals surface area contributed by atoms with Gasteiger partial charge in [-0.25, -0.2) is 0 Å². The molecule has 0 unspecified atom stereocenters. The predicted molar refractivity (Wildman–Crippen MR) is 96.9 cm³/mol. The Kier molecular flexibility index (Phi) is 5.11. The number of hydrogen-bond acceptors (Lipinski definition) is 4. The SMILES string of the molecule is CCOc1ccc(C2=C(N3CCCCC3)C(=O)N(C(C)C)C2=O)cc1. The zero-order valence-corrected chi connectivity index (χ0v) is 15.2. The highest BCUT2D eigenvalue weighted by atomic mass is 16.5. The molecule has 2 aliphatic heterocycles. The number of carbonyl (C=O) groups is 2. The molecule has 1 aromatic rings. The van der Waals surface area contributed by atoms with Crippen molar-refractivity contribution in [3.05, 3.63) is 35.5 Å². The Balaban J connectivity index is 2.03. The fraction of sp³-hybridized carbons (Fsp3) is 0.500. The molecule has 0 bridgehead atoms. The molecule has 134 valence electrons. The molecule has 5 heteroatoms. The van der Waals surface area contributed by atoms with Gasteiger partial charge in [0, 0.05) is 19.1 Å². The molecule has 3 rings (SSSR count). The van der Waals surface area contributed by atoms with Crippen LogP contribution >= 0.6 is 0 Å². The van der Waals surface area contributed by atoms with Crippen LogP contribution in [-0.4, -0.2) is 47.4 Å². The van der Waals surface area contributed by atoms with Gasteiger partial charge in [-0.15, -0.1) is 0 Å². The molecule has 2 amide bonds. The van der Waals surface area contributed by atoms with Gasteiger partial charge in [0.15, 0.2) is 0 Å². The van der Waals surface area contributed by atoms with E-state index in [-0.39, 0.29) is 17.9 Å². The number of ether oxygens (including phenoxy) is 1. The van der Waals surface area contributed by atoms with Gasteiger partial charge in [-0.3, -0.25) is 14.5 Å². The van der Waals surface area contributed by atoms with Crippen molar-refractivity contribution in [2.45, 2.75) is 46.1 Å². The number of imide groups is 1. The number of piperidine rings is 1. The van der Waals surface area contributed by atoms with Crippen molar-refractivity contribution in [1.29, 1.82) is 0 Å². The van der Waals surface area contributed by atoms with Crippen molar-refractivity contribution in [2.75, 3.05) is 19.7 Å². The van der Waals surface area contributed by atoms with Gasteiger partial charge in [0.2, 0.25) is 0 Å². The smallest absolute Gasteiger partial charge is 0.278 e. The monoisotopic (exact) mass is 342 g/mol. The number of amides is 2. The molecule has 25 heavy (non-hydrogen) atoms. The van der Waals surface area contributed by atoms with Crippen LogP contribution in [0.25, 0.3) is 5.57 Å². The molecular formula is C20H26N2O3. The Hall–Kier alpha value is -2.30. The molecule has 1 fully saturated rings. The quantitative estimate of drug-likeness (QED) is 0.772. The highest BCUT2D eigenvalue weighted by molar-refractivity contribution is 6.35. The molecule has 1 aromatic carbocycles. The van der Waals surface area contributed by atoms with Gasteiger partial charge in [-0.1, -0.05) is 12.1 Å². The van der Waals surface area contributed by atoms with Gasteiger partial charge in [0.1, 0.15) is 11.4 Å². The summed E-state index contributed by atoms with van der Waals surface area (Å²) in [6.07, 6.45) is 3.30. The third-order valence-electron chi connectivity index (χ3n) is 4.73. The van der Waals surface area contributed by atoms with E-state index in [9.17, 15) is 9.59 Å². The van der Waals surface area contributed by atoms with E-state index in [4.69, 9.17) is 4.74 Å². The predicted octanol–water partition coefficient (Wildman–Crippen LogP) is 3.06. The average Bonchev–Trinajstić information content (AvgIpc) is 2.87. The second-order valence-corrected chi connectivity index (χ2v) is 6.80. The van der Waals surface area contributed by atoms with Crippen LogP contribution in [0.3, 0.4) is 0 Å². The lowest BCUT2D eigenvalue weighted by Crippen LogP contribution is -2.40. The van der Waals surface area contributed by atoms with Crippen LogP contribution in [0.1, 0.15) is 45.6 Å². The van der Waals surface area contributed by atoms with Crippen molar-refractivity contribution in [1.82, 2.24) is 9.80 Å². The molecule has 0 saturated carbocycles. The van der Waals surface area contributed by atoms with E-state index in [1.54, 1.807) is 0 Å². The lowest BCUT2D eigenvalue weighted by Gasteiger charge is -2.30. The van der Waals surface area contributed by atoms with E-state index >= 15 is 0 Å². The fourth-order valence-corrected chi connectivity index (χ4v) is 3.56. The molecule has 0 N–H and O–H groups in total. The van der Waals surface area contributed by atoms with Crippen molar-refractivity contribution in [3.8, 4) is 5.75 Å². The average molecular weight is 342 g/mol. The first kappa shape index (κ1) is 17.5. The van der Waals surface area contributed by atoms with E-state index in [0.717, 1.165) is 37.2 Å². The Morgan fingerprint density at radius 3 is 2.20 bits per heavy atom. The van der Waals surface area contributed by atoms with Crippen LogP contribution in [0.4, 0.5) is 0 Å². The molecule has 0 aliphatic carbocycles. The number of benzene rings is 1. The minimum Gasteiger partial charge on any atom is -0.494 e. The molecule has 2 heterocycles. The lowest BCUT2D eigenvalue weighted by atomic mass is 10.0. The summed E-state index contributed by atoms with van der Waals surface area (Å²) in [5.74, 6) is 0.416. The summed E-state index contributed by atoms with van der Waals surface area (Å²) in [7, 11) is 0. The Bertz CT molecular complexity index is 685. The summed E-state index contributed by atoms with van der Waals surface area (Å²) in [6.45, 7) is 7.96. The topological polar surface area (TPSA) is 49.9 Å². The molecule has 0 aromatic heterocycles. The number of hydrogen-bond donors (Lipinski definition) is 0. The first-order valence-corrected chi connectivity index (χ1v) is 9.15. The number of carbonyl (C=O) groups excluding carboxylic acids is 2. The Morgan fingerprint density at radius 2 is 1.64 bits per heavy atom. The summed E-state index contributed by atoms with van der Waals surface area (Å²) in [5, 5.41) is 0. The number of rotatable bonds is 5. The largest absolute Gasteiger partial charge is 0.494 e. The van der Waals surface area contributed by atoms with E-state index in [2.05, 4.69) is 4.90 Å². The molecule has 5 nitrogen and oxygen atoms in total. The molecular weight excluding hydrogens is 316 g/mol. The highest BCUT2D eigenvalue weighted by Crippen LogP contribution is 2.34. The second-order valence-electron chi connectivity index (χ2n) is 6.80. The zero-order chi connectivity index (χ0) is 18.0. The van der Waals surface area contributed by atoms with Gasteiger partial charge < -0.3 is 9.64 Å². The third kappa shape index (κ3) is 3.28. The summed E-state index contributed by atoms with van der Waals surface area (Å²) in [6, 6.07) is 7.31. The molecule has 0 spiro atoms. The number of nitrogens with zero attached hydrogens (tertiary/aromatic N) is 2. The Morgan fingerprint density at radius 1 is 1.00 bits per heavy atom. The normalized spacial score (nSPS) is 18.6. The van der Waals surface area contributed by atoms with E-state index in [1.165, 1.54) is 11.3 Å². The first-order chi connectivity index (χ1) is 12.0. The molecule has 1 saturated heterocycles. The molecule has 2 aliphatic rings. The minimum atomic E-state index is -0.190. The van der Waals surface area contributed by atoms with Gasteiger partial charge in [-0.2, -0.15) is 0 Å². The van der Waals surface area contributed by atoms with Gasteiger partial charge >= 0.3 is 0 Å². The van der Waals surface area contributed by atoms with Crippen molar-refractivity contribution >= 4 is 17.4 Å². The molecule has 0 atom stereocenters. The maximum absolute atomic E-state index is 13.0. The summed E-state index contributed by atoms with van der Waals surface area (Å²) < 4.78 is 5.49. The second kappa shape index (κ2) is 7.30. The Labute approximate surface area is 149 Å². The van der Waals surface area contributed by atoms with E-state index in [0.29, 0.717) is 17.9 Å². The van der Waals surface area contributed by atoms with Gasteiger partial charge in [0.05, 0.1) is 12.2 Å². The van der Waals surface area contributed by atoms with E-state index < -0.39 is 0 Å². The van der Waals surface area contributed by atoms with Crippen molar-refractivity contribution in [2.24, 2.45) is 0 Å². The standard InChI is InChI=1S/C20H26N2O3/c1-4-25-16-10-8-15(9-11-16)17-18(21-12-6-5-7-13-21)20(24)22(14(2)3)19(17)23/h8-11,14H,4-7,12-13H2,1-3H3. The zero-order valence-electron chi connectivity index (χ0n) is 15.2. The first-order valence-electron chi connectivity index (χ1n) is 9.15. The van der Waals surface area contributed by atoms with Crippen LogP contribution < -0.4 is 4.74 Å². The highest BCUT2D eigenvalue weighted by Gasteiger charge is 2.42. The van der Waals surface area contributed by atoms with Crippen molar-refractivity contribution < 1.29 is 14.3 Å². The minimum absolute atomic E-state index is 0.153. The lowest BCUT2D eigenvalue weighted by molar-refractivity contribution is -0.139. The maximum Gasteiger partial charge on any atom is 0.278 e. The fourth-order valence-electron chi connectivity index (χ4n) is 3.56. The summed E-state index contributed by atoms with van der Waals surface area (Å²) >= 11 is 0. The van der Waals surface area contributed by atoms with E-state index in [1.807, 2.05) is 45.0 Å².